The number of nitrogens with zero attached hydrogens (tertiary/aromatic N) is 1. The second kappa shape index (κ2) is 12.8. The smallest absolute Gasteiger partial charge is 0.227 e. The topological polar surface area (TPSA) is 97.7 Å². The number of carbonyl (C=O) groups excluding carboxylic acids is 1. The minimum absolute atomic E-state index is 0.0672. The largest absolute Gasteiger partial charge is 0.497 e. The van der Waals surface area contributed by atoms with E-state index in [1.807, 2.05) is 41.3 Å². The number of benzene rings is 2. The summed E-state index contributed by atoms with van der Waals surface area (Å²) in [5.74, 6) is 3.08. The van der Waals surface area contributed by atoms with Gasteiger partial charge in [0.1, 0.15) is 11.5 Å². The van der Waals surface area contributed by atoms with Crippen LogP contribution in [-0.4, -0.2) is 67.7 Å². The van der Waals surface area contributed by atoms with Crippen molar-refractivity contribution in [2.45, 2.75) is 83.5 Å². The zero-order valence-corrected chi connectivity index (χ0v) is 28.8. The van der Waals surface area contributed by atoms with E-state index in [-0.39, 0.29) is 41.7 Å². The molecule has 0 aromatic heterocycles. The monoisotopic (exact) mass is 645 g/mol. The molecular formula is C39H51NO7. The summed E-state index contributed by atoms with van der Waals surface area (Å²) in [4.78, 5) is 16.1. The van der Waals surface area contributed by atoms with E-state index >= 15 is 0 Å². The molecule has 0 aliphatic heterocycles. The third kappa shape index (κ3) is 5.82. The molecule has 2 aromatic rings. The van der Waals surface area contributed by atoms with E-state index in [4.69, 9.17) is 18.9 Å². The Hall–Kier alpha value is -3.49. The van der Waals surface area contributed by atoms with Crippen molar-refractivity contribution in [1.29, 1.82) is 0 Å². The fourth-order valence-electron chi connectivity index (χ4n) is 9.37. The normalized spacial score (nSPS) is 31.0. The number of rotatable bonds is 10. The summed E-state index contributed by atoms with van der Waals surface area (Å²) in [6, 6.07) is 11.2. The van der Waals surface area contributed by atoms with Crippen LogP contribution < -0.4 is 18.9 Å². The van der Waals surface area contributed by atoms with Crippen LogP contribution >= 0.6 is 0 Å². The van der Waals surface area contributed by atoms with Gasteiger partial charge in [0.2, 0.25) is 5.91 Å². The van der Waals surface area contributed by atoms with Crippen molar-refractivity contribution in [1.82, 2.24) is 4.90 Å². The SMILES string of the molecule is COc1ccc(CN(CC2(O)CCC3C4=CC=C5CC(O)CCC5(C)C4CCC32C)C(=O)Cc2ccc(OC)c(OC)c2)c(OC)c1. The molecule has 1 amide bonds. The predicted octanol–water partition coefficient (Wildman–Crippen LogP) is 6.27. The van der Waals surface area contributed by atoms with Crippen LogP contribution in [0.3, 0.4) is 0 Å². The van der Waals surface area contributed by atoms with Gasteiger partial charge in [-0.15, -0.1) is 0 Å². The summed E-state index contributed by atoms with van der Waals surface area (Å²) in [6.45, 7) is 5.16. The van der Waals surface area contributed by atoms with Gasteiger partial charge in [0, 0.05) is 23.6 Å². The lowest BCUT2D eigenvalue weighted by molar-refractivity contribution is -0.143. The molecular weight excluding hydrogens is 594 g/mol. The van der Waals surface area contributed by atoms with Gasteiger partial charge in [-0.25, -0.2) is 0 Å². The molecule has 0 bridgehead atoms. The van der Waals surface area contributed by atoms with Gasteiger partial charge in [-0.3, -0.25) is 4.79 Å². The van der Waals surface area contributed by atoms with E-state index in [9.17, 15) is 15.0 Å². The van der Waals surface area contributed by atoms with E-state index in [2.05, 4.69) is 26.0 Å². The first-order chi connectivity index (χ1) is 22.5. The van der Waals surface area contributed by atoms with Gasteiger partial charge in [-0.2, -0.15) is 0 Å². The van der Waals surface area contributed by atoms with Gasteiger partial charge in [0.15, 0.2) is 11.5 Å². The maximum Gasteiger partial charge on any atom is 0.227 e. The Balaban J connectivity index is 1.31. The lowest BCUT2D eigenvalue weighted by Gasteiger charge is -2.56. The summed E-state index contributed by atoms with van der Waals surface area (Å²) >= 11 is 0. The van der Waals surface area contributed by atoms with E-state index in [0.717, 1.165) is 49.7 Å². The molecule has 6 unspecified atom stereocenters. The van der Waals surface area contributed by atoms with Gasteiger partial charge < -0.3 is 34.1 Å². The molecule has 6 atom stereocenters. The number of aliphatic hydroxyl groups is 2. The zero-order valence-electron chi connectivity index (χ0n) is 28.8. The molecule has 8 heteroatoms. The van der Waals surface area contributed by atoms with Crippen molar-refractivity contribution in [2.75, 3.05) is 35.0 Å². The average Bonchev–Trinajstić information content (AvgIpc) is 3.34. The van der Waals surface area contributed by atoms with Gasteiger partial charge in [0.25, 0.3) is 0 Å². The van der Waals surface area contributed by atoms with Crippen molar-refractivity contribution in [2.24, 2.45) is 22.7 Å². The van der Waals surface area contributed by atoms with E-state index in [1.54, 1.807) is 28.4 Å². The molecule has 3 fully saturated rings. The molecule has 6 rings (SSSR count). The lowest BCUT2D eigenvalue weighted by Crippen LogP contribution is -2.56. The van der Waals surface area contributed by atoms with E-state index in [0.29, 0.717) is 41.9 Å². The van der Waals surface area contributed by atoms with Crippen molar-refractivity contribution in [3.8, 4) is 23.0 Å². The summed E-state index contributed by atoms with van der Waals surface area (Å²) in [6.07, 6.45) is 10.5. The molecule has 254 valence electrons. The number of hydrogen-bond acceptors (Lipinski definition) is 7. The molecule has 2 N–H and O–H groups in total. The Bertz CT molecular complexity index is 1570. The highest BCUT2D eigenvalue weighted by atomic mass is 16.5. The number of hydrogen-bond donors (Lipinski definition) is 2. The third-order valence-corrected chi connectivity index (χ3v) is 12.3. The molecule has 0 heterocycles. The minimum atomic E-state index is -1.07. The highest BCUT2D eigenvalue weighted by Gasteiger charge is 2.62. The Morgan fingerprint density at radius 2 is 1.60 bits per heavy atom. The van der Waals surface area contributed by atoms with Crippen LogP contribution in [0.1, 0.15) is 69.9 Å². The third-order valence-electron chi connectivity index (χ3n) is 12.3. The number of amides is 1. The van der Waals surface area contributed by atoms with Gasteiger partial charge in [0.05, 0.1) is 53.1 Å². The van der Waals surface area contributed by atoms with Crippen molar-refractivity contribution < 1.29 is 34.0 Å². The summed E-state index contributed by atoms with van der Waals surface area (Å²) in [5.41, 5.74) is 3.11. The van der Waals surface area contributed by atoms with Gasteiger partial charge in [-0.05, 0) is 92.0 Å². The second-order valence-electron chi connectivity index (χ2n) is 14.6. The van der Waals surface area contributed by atoms with Crippen LogP contribution in [0.15, 0.2) is 59.7 Å². The Morgan fingerprint density at radius 3 is 2.32 bits per heavy atom. The first-order valence-electron chi connectivity index (χ1n) is 17.0. The zero-order chi connectivity index (χ0) is 33.6. The van der Waals surface area contributed by atoms with Crippen LogP contribution in [0, 0.1) is 22.7 Å². The molecule has 47 heavy (non-hydrogen) atoms. The van der Waals surface area contributed by atoms with Gasteiger partial charge >= 0.3 is 0 Å². The molecule has 3 saturated carbocycles. The summed E-state index contributed by atoms with van der Waals surface area (Å²) < 4.78 is 22.1. The highest BCUT2D eigenvalue weighted by molar-refractivity contribution is 5.79. The fourth-order valence-corrected chi connectivity index (χ4v) is 9.37. The molecule has 8 nitrogen and oxygen atoms in total. The maximum absolute atomic E-state index is 14.3. The average molecular weight is 646 g/mol. The predicted molar refractivity (Wildman–Crippen MR) is 181 cm³/mol. The number of ether oxygens (including phenoxy) is 4. The Morgan fingerprint density at radius 1 is 0.851 bits per heavy atom. The Labute approximate surface area is 279 Å². The van der Waals surface area contributed by atoms with Crippen LogP contribution in [-0.2, 0) is 17.8 Å². The molecule has 2 aromatic carbocycles. The number of methoxy groups -OCH3 is 4. The molecule has 0 radical (unpaired) electrons. The standard InChI is InChI=1S/C39H51NO7/c1-37-16-13-28(41)21-27(37)9-11-30-31(37)14-17-38(2)32(30)15-18-39(38,43)24-40(23-26-8-10-29(44-3)22-34(26)46-5)36(42)20-25-7-12-33(45-4)35(19-25)47-6/h7-12,19,22,28,31-32,41,43H,13-18,20-21,23-24H2,1-6H3. The van der Waals surface area contributed by atoms with Crippen LogP contribution in [0.5, 0.6) is 23.0 Å². The van der Waals surface area contributed by atoms with Gasteiger partial charge in [-0.1, -0.05) is 43.2 Å². The van der Waals surface area contributed by atoms with Crippen LogP contribution in [0.25, 0.3) is 0 Å². The number of carbonyl (C=O) groups is 1. The lowest BCUT2D eigenvalue weighted by atomic mass is 9.50. The Kier molecular flexibility index (Phi) is 9.13. The number of allylic oxidation sites excluding steroid dienone is 3. The van der Waals surface area contributed by atoms with E-state index in [1.165, 1.54) is 11.1 Å². The molecule has 4 aliphatic rings. The fraction of sp³-hybridized carbons (Fsp3) is 0.564. The van der Waals surface area contributed by atoms with Crippen molar-refractivity contribution in [3.63, 3.8) is 0 Å². The highest BCUT2D eigenvalue weighted by Crippen LogP contribution is 2.66. The maximum atomic E-state index is 14.3. The first-order valence-corrected chi connectivity index (χ1v) is 17.0. The van der Waals surface area contributed by atoms with E-state index < -0.39 is 5.60 Å². The summed E-state index contributed by atoms with van der Waals surface area (Å²) in [7, 11) is 6.41. The van der Waals surface area contributed by atoms with Crippen LogP contribution in [0.2, 0.25) is 0 Å². The summed E-state index contributed by atoms with van der Waals surface area (Å²) in [5, 5.41) is 23.1. The minimum Gasteiger partial charge on any atom is -0.497 e. The molecule has 0 saturated heterocycles. The van der Waals surface area contributed by atoms with Crippen molar-refractivity contribution >= 4 is 5.91 Å². The van der Waals surface area contributed by atoms with Crippen molar-refractivity contribution in [3.05, 3.63) is 70.8 Å². The number of aliphatic hydroxyl groups excluding tert-OH is 1. The first kappa shape index (κ1) is 33.4. The molecule has 0 spiro atoms. The second-order valence-corrected chi connectivity index (χ2v) is 14.6. The number of fused-ring (bicyclic) bond motifs is 5. The quantitative estimate of drug-likeness (QED) is 0.315. The molecule has 4 aliphatic carbocycles. The van der Waals surface area contributed by atoms with Crippen LogP contribution in [0.4, 0.5) is 0 Å².